The van der Waals surface area contributed by atoms with Gasteiger partial charge in [0.2, 0.25) is 0 Å². The number of aliphatic carboxylic acids is 1. The van der Waals surface area contributed by atoms with E-state index < -0.39 is 18.5 Å². The number of rotatable bonds is 29. The van der Waals surface area contributed by atoms with Crippen LogP contribution in [0.5, 0.6) is 0 Å². The molecule has 0 atom stereocenters. The summed E-state index contributed by atoms with van der Waals surface area (Å²) in [4.78, 5) is 21.3. The fraction of sp³-hybridized carbons (Fsp3) is 0.727. The van der Waals surface area contributed by atoms with Crippen molar-refractivity contribution in [1.29, 1.82) is 0 Å². The number of hydrogen-bond donors (Lipinski definition) is 4. The average molecular weight is 792 g/mol. The average Bonchev–Trinajstić information content (AvgIpc) is 3.08. The minimum atomic E-state index is -1.24. The summed E-state index contributed by atoms with van der Waals surface area (Å²) in [5.74, 6) is -0.221. The number of carboxylic acids is 1. The van der Waals surface area contributed by atoms with Gasteiger partial charge < -0.3 is 84.4 Å². The summed E-state index contributed by atoms with van der Waals surface area (Å²) in [7, 11) is 0. The van der Waals surface area contributed by atoms with Crippen molar-refractivity contribution in [3.05, 3.63) is 41.8 Å². The van der Waals surface area contributed by atoms with E-state index in [9.17, 15) is 14.7 Å². The quantitative estimate of drug-likeness (QED) is 0.0255. The predicted octanol–water partition coefficient (Wildman–Crippen LogP) is -6.99. The fourth-order valence-electron chi connectivity index (χ4n) is 2.55. The molecule has 0 spiro atoms. The van der Waals surface area contributed by atoms with Crippen LogP contribution in [0.4, 0.5) is 0 Å². The van der Waals surface area contributed by atoms with E-state index in [0.717, 1.165) is 5.56 Å². The summed E-state index contributed by atoms with van der Waals surface area (Å²) in [6.45, 7) is 11.2. The van der Waals surface area contributed by atoms with Crippen molar-refractivity contribution in [1.82, 2.24) is 0 Å². The van der Waals surface area contributed by atoms with Gasteiger partial charge in [-0.3, -0.25) is 0 Å². The smallest absolute Gasteiger partial charge is 0.870 e. The van der Waals surface area contributed by atoms with Crippen molar-refractivity contribution >= 4 is 11.9 Å². The minimum absolute atomic E-state index is 0. The normalized spacial score (nSPS) is 9.69. The molecule has 19 heteroatoms. The summed E-state index contributed by atoms with van der Waals surface area (Å²) < 4.78 is 44.7. The van der Waals surface area contributed by atoms with Crippen molar-refractivity contribution in [2.45, 2.75) is 27.4 Å². The molecule has 0 fully saturated rings. The second kappa shape index (κ2) is 58.0. The number of aliphatic hydroxyl groups is 4. The number of hydrogen-bond acceptors (Lipinski definition) is 17. The zero-order valence-corrected chi connectivity index (χ0v) is 37.0. The zero-order chi connectivity index (χ0) is 37.1. The molecule has 0 aromatic heterocycles. The van der Waals surface area contributed by atoms with Gasteiger partial charge in [-0.2, -0.15) is 20.8 Å². The Balaban J connectivity index is -0.000000149. The Morgan fingerprint density at radius 1 is 0.558 bits per heavy atom. The summed E-state index contributed by atoms with van der Waals surface area (Å²) >= 11 is 0. The van der Waals surface area contributed by atoms with Crippen LogP contribution in [0.1, 0.15) is 26.3 Å². The van der Waals surface area contributed by atoms with E-state index in [2.05, 4.69) is 25.5 Å². The largest absolute Gasteiger partial charge is 1.00 e. The van der Waals surface area contributed by atoms with Gasteiger partial charge in [-0.15, -0.1) is 0 Å². The molecule has 0 saturated heterocycles. The van der Waals surface area contributed by atoms with E-state index in [4.69, 9.17) is 58.3 Å². The van der Waals surface area contributed by atoms with E-state index in [1.807, 2.05) is 30.3 Å². The van der Waals surface area contributed by atoms with E-state index in [-0.39, 0.29) is 133 Å². The van der Waals surface area contributed by atoms with Crippen molar-refractivity contribution in [2.75, 3.05) is 132 Å². The molecular formula is C33H61KNaO17-. The van der Waals surface area contributed by atoms with Crippen LogP contribution in [0.15, 0.2) is 30.3 Å². The molecule has 298 valence electrons. The maximum atomic E-state index is 11.4. The number of ether oxygens (including phenoxy) is 9. The molecular weight excluding hydrogens is 730 g/mol. The van der Waals surface area contributed by atoms with Crippen LogP contribution in [0.25, 0.3) is 0 Å². The Bertz CT molecular complexity index is 775. The second-order valence-corrected chi connectivity index (χ2v) is 9.69. The SMILES string of the molecule is C[C-](C)C.O=C(COCCOCCOCCO)OCc1ccccc1.O=C([O-])COCCOCCOCCO.OCCOCCOCCO.[K+].[Na+].[OH-]. The monoisotopic (exact) mass is 791 g/mol. The van der Waals surface area contributed by atoms with Gasteiger partial charge in [0, 0.05) is 0 Å². The first-order valence-corrected chi connectivity index (χ1v) is 16.0. The summed E-state index contributed by atoms with van der Waals surface area (Å²) in [5, 5.41) is 43.2. The van der Waals surface area contributed by atoms with Gasteiger partial charge in [0.15, 0.2) is 0 Å². The molecule has 17 nitrogen and oxygen atoms in total. The van der Waals surface area contributed by atoms with Gasteiger partial charge in [0.25, 0.3) is 0 Å². The molecule has 1 aromatic rings. The maximum absolute atomic E-state index is 11.4. The second-order valence-electron chi connectivity index (χ2n) is 9.69. The third kappa shape index (κ3) is 68.3. The molecule has 0 aliphatic heterocycles. The Kier molecular flexibility index (Phi) is 71.6. The summed E-state index contributed by atoms with van der Waals surface area (Å²) in [5.41, 5.74) is 0.942. The molecule has 0 radical (unpaired) electrons. The van der Waals surface area contributed by atoms with Crippen LogP contribution in [0, 0.1) is 5.92 Å². The van der Waals surface area contributed by atoms with Gasteiger partial charge in [0.1, 0.15) is 13.2 Å². The third-order valence-corrected chi connectivity index (χ3v) is 4.49. The van der Waals surface area contributed by atoms with E-state index >= 15 is 0 Å². The number of carbonyl (C=O) groups is 2. The Hall–Kier alpha value is 0.276. The van der Waals surface area contributed by atoms with Crippen LogP contribution in [-0.2, 0) is 58.8 Å². The molecule has 0 amide bonds. The van der Waals surface area contributed by atoms with Crippen LogP contribution in [0.3, 0.4) is 0 Å². The molecule has 0 heterocycles. The van der Waals surface area contributed by atoms with Crippen molar-refractivity contribution < 1.29 is 164 Å². The number of carboxylic acid groups (broad SMARTS) is 1. The molecule has 5 N–H and O–H groups in total. The van der Waals surface area contributed by atoms with Gasteiger partial charge in [-0.25, -0.2) is 4.79 Å². The minimum Gasteiger partial charge on any atom is -0.870 e. The third-order valence-electron chi connectivity index (χ3n) is 4.49. The van der Waals surface area contributed by atoms with Crippen molar-refractivity contribution in [3.63, 3.8) is 0 Å². The number of aliphatic hydroxyl groups excluding tert-OH is 4. The first-order valence-electron chi connectivity index (χ1n) is 16.0. The van der Waals surface area contributed by atoms with Crippen molar-refractivity contribution in [3.8, 4) is 0 Å². The molecule has 52 heavy (non-hydrogen) atoms. The molecule has 1 aromatic carbocycles. The predicted molar refractivity (Wildman–Crippen MR) is 178 cm³/mol. The maximum Gasteiger partial charge on any atom is 1.00 e. The first kappa shape index (κ1) is 64.2. The number of carbonyl (C=O) groups excluding carboxylic acids is 2. The summed E-state index contributed by atoms with van der Waals surface area (Å²) in [6.07, 6.45) is 0. The Labute approximate surface area is 373 Å². The van der Waals surface area contributed by atoms with Gasteiger partial charge in [-0.1, -0.05) is 30.3 Å². The zero-order valence-electron chi connectivity index (χ0n) is 31.9. The van der Waals surface area contributed by atoms with Crippen LogP contribution < -0.4 is 86.0 Å². The van der Waals surface area contributed by atoms with E-state index in [1.165, 1.54) is 5.92 Å². The van der Waals surface area contributed by atoms with Crippen molar-refractivity contribution in [2.24, 2.45) is 0 Å². The number of benzene rings is 1. The molecule has 0 saturated carbocycles. The molecule has 0 aliphatic rings. The molecule has 0 bridgehead atoms. The van der Waals surface area contributed by atoms with Crippen LogP contribution in [0.2, 0.25) is 0 Å². The van der Waals surface area contributed by atoms with Crippen LogP contribution in [-0.4, -0.2) is 170 Å². The standard InChI is InChI=1S/C15H22O6.C8H16O6.C6H14O4.C4H9.K.Na.H2O/c16-6-7-18-8-9-19-10-11-20-13-15(17)21-12-14-4-2-1-3-5-14;9-1-2-12-3-4-13-5-6-14-7-8(10)11;7-1-3-9-5-6-10-4-2-8;1-4(2)3;;;/h1-5,16H,6-13H2;9H,1-7H2,(H,10,11);7-8H,1-6H2;1-3H3;;;1H2/q;;;-1;2*+1;/p-2. The molecule has 0 unspecified atom stereocenters. The van der Waals surface area contributed by atoms with E-state index in [1.54, 1.807) is 0 Å². The molecule has 1 rings (SSSR count). The van der Waals surface area contributed by atoms with Crippen LogP contribution >= 0.6 is 0 Å². The van der Waals surface area contributed by atoms with Gasteiger partial charge >= 0.3 is 86.9 Å². The Morgan fingerprint density at radius 3 is 1.15 bits per heavy atom. The number of esters is 1. The summed E-state index contributed by atoms with van der Waals surface area (Å²) in [6, 6.07) is 9.47. The first-order chi connectivity index (χ1) is 23.7. The van der Waals surface area contributed by atoms with E-state index in [0.29, 0.717) is 85.9 Å². The molecule has 0 aliphatic carbocycles. The van der Waals surface area contributed by atoms with Gasteiger partial charge in [0.05, 0.1) is 132 Å². The van der Waals surface area contributed by atoms with Gasteiger partial charge in [-0.05, 0) is 5.56 Å². The fourth-order valence-corrected chi connectivity index (χ4v) is 2.55. The Morgan fingerprint density at radius 2 is 0.846 bits per heavy atom. The topological polar surface area (TPSA) is 251 Å².